The lowest BCUT2D eigenvalue weighted by Crippen LogP contribution is -2.09. The molecule has 3 N–H and O–H groups in total. The first-order valence-corrected chi connectivity index (χ1v) is 4.50. The second-order valence-electron chi connectivity index (χ2n) is 2.56. The zero-order valence-corrected chi connectivity index (χ0v) is 8.47. The standard InChI is InChI=1S/C9H11ClN2O2/c1-2-14-9(13)6-3-4-8(12-11)7(10)5-6/h3-5,12H,2,11H2,1H3. The first-order valence-electron chi connectivity index (χ1n) is 4.12. The minimum atomic E-state index is -0.391. The lowest BCUT2D eigenvalue weighted by atomic mass is 10.2. The SMILES string of the molecule is CCOC(=O)c1ccc(NN)c(Cl)c1. The second-order valence-corrected chi connectivity index (χ2v) is 2.97. The highest BCUT2D eigenvalue weighted by Crippen LogP contribution is 2.22. The maximum atomic E-state index is 11.3. The maximum absolute atomic E-state index is 11.3. The average molecular weight is 215 g/mol. The van der Waals surface area contributed by atoms with Gasteiger partial charge >= 0.3 is 5.97 Å². The van der Waals surface area contributed by atoms with Crippen LogP contribution < -0.4 is 11.3 Å². The monoisotopic (exact) mass is 214 g/mol. The van der Waals surface area contributed by atoms with E-state index in [9.17, 15) is 4.79 Å². The third-order valence-corrected chi connectivity index (χ3v) is 1.95. The summed E-state index contributed by atoms with van der Waals surface area (Å²) in [6, 6.07) is 4.72. The van der Waals surface area contributed by atoms with E-state index >= 15 is 0 Å². The van der Waals surface area contributed by atoms with Crippen molar-refractivity contribution in [3.05, 3.63) is 28.8 Å². The molecule has 0 bridgehead atoms. The Morgan fingerprint density at radius 1 is 1.64 bits per heavy atom. The van der Waals surface area contributed by atoms with Crippen molar-refractivity contribution in [2.45, 2.75) is 6.92 Å². The third-order valence-electron chi connectivity index (χ3n) is 1.64. The summed E-state index contributed by atoms with van der Waals surface area (Å²) < 4.78 is 4.81. The molecule has 1 aromatic rings. The van der Waals surface area contributed by atoms with Crippen LogP contribution in [0.1, 0.15) is 17.3 Å². The van der Waals surface area contributed by atoms with Crippen molar-refractivity contribution in [3.8, 4) is 0 Å². The van der Waals surface area contributed by atoms with Crippen LogP contribution in [0, 0.1) is 0 Å². The molecule has 0 saturated heterocycles. The van der Waals surface area contributed by atoms with E-state index in [4.69, 9.17) is 22.2 Å². The predicted octanol–water partition coefficient (Wildman–Crippen LogP) is 1.80. The molecule has 1 rings (SSSR count). The number of ether oxygens (including phenoxy) is 1. The van der Waals surface area contributed by atoms with Crippen LogP contribution in [0.15, 0.2) is 18.2 Å². The molecule has 0 aliphatic heterocycles. The molecule has 4 nitrogen and oxygen atoms in total. The van der Waals surface area contributed by atoms with Gasteiger partial charge in [-0.3, -0.25) is 5.84 Å². The number of halogens is 1. The van der Waals surface area contributed by atoms with E-state index in [1.54, 1.807) is 19.1 Å². The van der Waals surface area contributed by atoms with Gasteiger partial charge in [-0.15, -0.1) is 0 Å². The lowest BCUT2D eigenvalue weighted by Gasteiger charge is -2.05. The van der Waals surface area contributed by atoms with Crippen molar-refractivity contribution in [2.75, 3.05) is 12.0 Å². The number of nitrogen functional groups attached to an aromatic ring is 1. The van der Waals surface area contributed by atoms with Gasteiger partial charge in [0.1, 0.15) is 0 Å². The Labute approximate surface area is 87.0 Å². The number of hydrazine groups is 1. The number of hydrogen-bond acceptors (Lipinski definition) is 4. The minimum Gasteiger partial charge on any atom is -0.462 e. The topological polar surface area (TPSA) is 64.3 Å². The molecule has 0 aromatic heterocycles. The van der Waals surface area contributed by atoms with Crippen molar-refractivity contribution in [2.24, 2.45) is 5.84 Å². The maximum Gasteiger partial charge on any atom is 0.338 e. The number of hydrogen-bond donors (Lipinski definition) is 2. The molecule has 14 heavy (non-hydrogen) atoms. The summed E-state index contributed by atoms with van der Waals surface area (Å²) in [5.41, 5.74) is 3.39. The Morgan fingerprint density at radius 3 is 2.86 bits per heavy atom. The van der Waals surface area contributed by atoms with Crippen LogP contribution in [0.5, 0.6) is 0 Å². The van der Waals surface area contributed by atoms with Gasteiger partial charge in [0.25, 0.3) is 0 Å². The number of benzene rings is 1. The minimum absolute atomic E-state index is 0.341. The van der Waals surface area contributed by atoms with Crippen molar-refractivity contribution in [3.63, 3.8) is 0 Å². The largest absolute Gasteiger partial charge is 0.462 e. The number of carbonyl (C=O) groups is 1. The summed E-state index contributed by atoms with van der Waals surface area (Å²) >= 11 is 5.82. The average Bonchev–Trinajstić information content (AvgIpc) is 2.18. The Morgan fingerprint density at radius 2 is 2.36 bits per heavy atom. The molecule has 0 atom stereocenters. The molecular formula is C9H11ClN2O2. The first-order chi connectivity index (χ1) is 6.69. The van der Waals surface area contributed by atoms with E-state index in [1.165, 1.54) is 6.07 Å². The first kappa shape index (κ1) is 10.8. The highest BCUT2D eigenvalue weighted by molar-refractivity contribution is 6.33. The summed E-state index contributed by atoms with van der Waals surface area (Å²) in [7, 11) is 0. The van der Waals surface area contributed by atoms with Crippen LogP contribution in [-0.4, -0.2) is 12.6 Å². The molecule has 0 heterocycles. The fraction of sp³-hybridized carbons (Fsp3) is 0.222. The summed E-state index contributed by atoms with van der Waals surface area (Å²) in [5.74, 6) is 4.79. The van der Waals surface area contributed by atoms with Gasteiger partial charge in [0.2, 0.25) is 0 Å². The Bertz CT molecular complexity index is 342. The van der Waals surface area contributed by atoms with Crippen LogP contribution in [0.25, 0.3) is 0 Å². The normalized spacial score (nSPS) is 9.64. The smallest absolute Gasteiger partial charge is 0.338 e. The molecule has 1 aromatic carbocycles. The molecule has 0 aliphatic rings. The van der Waals surface area contributed by atoms with Crippen LogP contribution in [0.4, 0.5) is 5.69 Å². The van der Waals surface area contributed by atoms with Crippen LogP contribution >= 0.6 is 11.6 Å². The Kier molecular flexibility index (Phi) is 3.73. The van der Waals surface area contributed by atoms with E-state index in [1.807, 2.05) is 0 Å². The second kappa shape index (κ2) is 4.83. The van der Waals surface area contributed by atoms with E-state index in [2.05, 4.69) is 5.43 Å². The van der Waals surface area contributed by atoms with Crippen LogP contribution in [0.3, 0.4) is 0 Å². The Balaban J connectivity index is 2.91. The highest BCUT2D eigenvalue weighted by Gasteiger charge is 2.08. The van der Waals surface area contributed by atoms with E-state index in [0.29, 0.717) is 22.9 Å². The fourth-order valence-electron chi connectivity index (χ4n) is 0.974. The summed E-state index contributed by atoms with van der Waals surface area (Å²) in [5, 5.41) is 0.387. The van der Waals surface area contributed by atoms with Crippen LogP contribution in [-0.2, 0) is 4.74 Å². The molecule has 5 heteroatoms. The van der Waals surface area contributed by atoms with Gasteiger partial charge in [0.05, 0.1) is 22.9 Å². The van der Waals surface area contributed by atoms with Crippen molar-refractivity contribution in [1.82, 2.24) is 0 Å². The number of rotatable bonds is 3. The summed E-state index contributed by atoms with van der Waals surface area (Å²) in [6.45, 7) is 2.09. The lowest BCUT2D eigenvalue weighted by molar-refractivity contribution is 0.0526. The van der Waals surface area contributed by atoms with Gasteiger partial charge in [-0.05, 0) is 25.1 Å². The number of carbonyl (C=O) groups excluding carboxylic acids is 1. The van der Waals surface area contributed by atoms with Gasteiger partial charge in [0, 0.05) is 0 Å². The number of esters is 1. The van der Waals surface area contributed by atoms with Crippen molar-refractivity contribution in [1.29, 1.82) is 0 Å². The highest BCUT2D eigenvalue weighted by atomic mass is 35.5. The molecule has 0 saturated carbocycles. The van der Waals surface area contributed by atoms with E-state index in [-0.39, 0.29) is 0 Å². The van der Waals surface area contributed by atoms with Crippen molar-refractivity contribution >= 4 is 23.3 Å². The van der Waals surface area contributed by atoms with Gasteiger partial charge in [-0.2, -0.15) is 0 Å². The Hall–Kier alpha value is -1.26. The van der Waals surface area contributed by atoms with Gasteiger partial charge < -0.3 is 10.2 Å². The third kappa shape index (κ3) is 2.37. The van der Waals surface area contributed by atoms with Crippen molar-refractivity contribution < 1.29 is 9.53 Å². The predicted molar refractivity (Wildman–Crippen MR) is 55.2 cm³/mol. The molecule has 0 amide bonds. The van der Waals surface area contributed by atoms with Gasteiger partial charge in [-0.1, -0.05) is 11.6 Å². The molecule has 0 aliphatic carbocycles. The van der Waals surface area contributed by atoms with E-state index < -0.39 is 5.97 Å². The van der Waals surface area contributed by atoms with Crippen LogP contribution in [0.2, 0.25) is 5.02 Å². The van der Waals surface area contributed by atoms with E-state index in [0.717, 1.165) is 0 Å². The van der Waals surface area contributed by atoms with Gasteiger partial charge in [0.15, 0.2) is 0 Å². The quantitative estimate of drug-likeness (QED) is 0.458. The fourth-order valence-corrected chi connectivity index (χ4v) is 1.21. The molecule has 0 unspecified atom stereocenters. The molecule has 76 valence electrons. The summed E-state index contributed by atoms with van der Waals surface area (Å²) in [4.78, 5) is 11.3. The number of nitrogens with two attached hydrogens (primary N) is 1. The zero-order valence-electron chi connectivity index (χ0n) is 7.71. The summed E-state index contributed by atoms with van der Waals surface area (Å²) in [6.07, 6.45) is 0. The molecule has 0 radical (unpaired) electrons. The number of nitrogens with one attached hydrogen (secondary N) is 1. The molecule has 0 spiro atoms. The molecular weight excluding hydrogens is 204 g/mol. The molecule has 0 fully saturated rings. The zero-order chi connectivity index (χ0) is 10.6. The van der Waals surface area contributed by atoms with Gasteiger partial charge in [-0.25, -0.2) is 4.79 Å². The number of anilines is 1.